The zero-order valence-electron chi connectivity index (χ0n) is 15.6. The summed E-state index contributed by atoms with van der Waals surface area (Å²) in [5.41, 5.74) is 0.944. The van der Waals surface area contributed by atoms with Crippen molar-refractivity contribution in [3.63, 3.8) is 0 Å². The Balaban J connectivity index is 1.44. The Kier molecular flexibility index (Phi) is 5.14. The topological polar surface area (TPSA) is 105 Å². The number of imide groups is 1. The number of nitrogens with zero attached hydrogens (tertiary/aromatic N) is 1. The van der Waals surface area contributed by atoms with Gasteiger partial charge in [0, 0.05) is 30.4 Å². The number of ether oxygens (including phenoxy) is 1. The normalized spacial score (nSPS) is 17.0. The molecule has 0 spiro atoms. The van der Waals surface area contributed by atoms with Gasteiger partial charge in [-0.25, -0.2) is 13.2 Å². The lowest BCUT2D eigenvalue weighted by molar-refractivity contribution is -0.120. The van der Waals surface area contributed by atoms with Crippen molar-refractivity contribution in [2.75, 3.05) is 22.8 Å². The standard InChI is InChI=1S/C20H21N3O5S/c24-19-10-11-23(20(25)21-19)16-8-6-15(7-9-16)22-29(26,27)18-3-1-2-17(12-18)28-13-14-4-5-14/h1-3,6-9,12,14,22H,4-5,10-11,13H2,(H,21,24,25). The number of nitrogens with one attached hydrogen (secondary N) is 2. The second kappa shape index (κ2) is 7.75. The van der Waals surface area contributed by atoms with E-state index >= 15 is 0 Å². The molecular formula is C20H21N3O5S. The summed E-state index contributed by atoms with van der Waals surface area (Å²) in [4.78, 5) is 24.7. The Morgan fingerprint density at radius 1 is 1.10 bits per heavy atom. The fourth-order valence-corrected chi connectivity index (χ4v) is 4.06. The number of benzene rings is 2. The van der Waals surface area contributed by atoms with Crippen molar-refractivity contribution in [2.45, 2.75) is 24.2 Å². The van der Waals surface area contributed by atoms with Gasteiger partial charge in [0.2, 0.25) is 5.91 Å². The maximum atomic E-state index is 12.7. The van der Waals surface area contributed by atoms with Crippen molar-refractivity contribution in [2.24, 2.45) is 5.92 Å². The number of hydrogen-bond acceptors (Lipinski definition) is 5. The van der Waals surface area contributed by atoms with Crippen LogP contribution in [-0.2, 0) is 14.8 Å². The molecule has 0 atom stereocenters. The first kappa shape index (κ1) is 19.3. The number of rotatable bonds is 7. The van der Waals surface area contributed by atoms with Crippen molar-refractivity contribution < 1.29 is 22.7 Å². The van der Waals surface area contributed by atoms with Gasteiger partial charge < -0.3 is 4.74 Å². The second-order valence-corrected chi connectivity index (χ2v) is 8.82. The Morgan fingerprint density at radius 2 is 1.86 bits per heavy atom. The number of sulfonamides is 1. The Morgan fingerprint density at radius 3 is 2.55 bits per heavy atom. The first-order valence-corrected chi connectivity index (χ1v) is 10.9. The van der Waals surface area contributed by atoms with Crippen molar-refractivity contribution in [3.05, 3.63) is 48.5 Å². The highest BCUT2D eigenvalue weighted by molar-refractivity contribution is 7.92. The van der Waals surface area contributed by atoms with E-state index in [1.165, 1.54) is 17.0 Å². The molecule has 2 N–H and O–H groups in total. The highest BCUT2D eigenvalue weighted by Gasteiger charge is 2.24. The van der Waals surface area contributed by atoms with Gasteiger partial charge in [0.1, 0.15) is 5.75 Å². The van der Waals surface area contributed by atoms with Gasteiger partial charge in [0.05, 0.1) is 11.5 Å². The fourth-order valence-electron chi connectivity index (χ4n) is 2.96. The van der Waals surface area contributed by atoms with Crippen LogP contribution in [-0.4, -0.2) is 33.5 Å². The van der Waals surface area contributed by atoms with E-state index in [0.717, 1.165) is 12.8 Å². The summed E-state index contributed by atoms with van der Waals surface area (Å²) in [5.74, 6) is 0.798. The molecule has 9 heteroatoms. The summed E-state index contributed by atoms with van der Waals surface area (Å²) in [5, 5.41) is 2.25. The lowest BCUT2D eigenvalue weighted by Gasteiger charge is -2.26. The van der Waals surface area contributed by atoms with Crippen LogP contribution in [0.3, 0.4) is 0 Å². The SMILES string of the molecule is O=C1CCN(c2ccc(NS(=O)(=O)c3cccc(OCC4CC4)c3)cc2)C(=O)N1. The summed E-state index contributed by atoms with van der Waals surface area (Å²) in [6.45, 7) is 0.886. The van der Waals surface area contributed by atoms with Crippen molar-refractivity contribution in [1.82, 2.24) is 5.32 Å². The molecule has 2 aliphatic rings. The van der Waals surface area contributed by atoms with E-state index in [2.05, 4.69) is 10.0 Å². The summed E-state index contributed by atoms with van der Waals surface area (Å²) >= 11 is 0. The second-order valence-electron chi connectivity index (χ2n) is 7.14. The van der Waals surface area contributed by atoms with Crippen LogP contribution in [0.4, 0.5) is 16.2 Å². The molecule has 0 bridgehead atoms. The molecule has 8 nitrogen and oxygen atoms in total. The van der Waals surface area contributed by atoms with Crippen LogP contribution in [0.5, 0.6) is 5.75 Å². The van der Waals surface area contributed by atoms with Gasteiger partial charge in [0.25, 0.3) is 10.0 Å². The van der Waals surface area contributed by atoms with Crippen LogP contribution in [0.15, 0.2) is 53.4 Å². The maximum absolute atomic E-state index is 12.7. The van der Waals surface area contributed by atoms with Crippen molar-refractivity contribution in [1.29, 1.82) is 0 Å². The van der Waals surface area contributed by atoms with Gasteiger partial charge in [-0.1, -0.05) is 6.07 Å². The van der Waals surface area contributed by atoms with Crippen LogP contribution in [0, 0.1) is 5.92 Å². The molecule has 4 rings (SSSR count). The zero-order chi connectivity index (χ0) is 20.4. The van der Waals surface area contributed by atoms with E-state index < -0.39 is 16.1 Å². The first-order chi connectivity index (χ1) is 13.9. The van der Waals surface area contributed by atoms with E-state index in [1.807, 2.05) is 0 Å². The largest absolute Gasteiger partial charge is 0.493 e. The number of hydrogen-bond donors (Lipinski definition) is 2. The fraction of sp³-hybridized carbons (Fsp3) is 0.300. The summed E-state index contributed by atoms with van der Waals surface area (Å²) in [6, 6.07) is 12.3. The van der Waals surface area contributed by atoms with Gasteiger partial charge in [-0.3, -0.25) is 19.7 Å². The predicted molar refractivity (Wildman–Crippen MR) is 107 cm³/mol. The first-order valence-electron chi connectivity index (χ1n) is 9.38. The molecule has 152 valence electrons. The monoisotopic (exact) mass is 415 g/mol. The number of urea groups is 1. The quantitative estimate of drug-likeness (QED) is 0.723. The number of carbonyl (C=O) groups excluding carboxylic acids is 2. The molecule has 1 aliphatic heterocycles. The van der Waals surface area contributed by atoms with Crippen LogP contribution in [0.2, 0.25) is 0 Å². The van der Waals surface area contributed by atoms with Gasteiger partial charge in [-0.05, 0) is 55.2 Å². The maximum Gasteiger partial charge on any atom is 0.328 e. The third-order valence-corrected chi connectivity index (χ3v) is 6.16. The summed E-state index contributed by atoms with van der Waals surface area (Å²) in [7, 11) is -3.78. The number of carbonyl (C=O) groups is 2. The molecule has 1 aliphatic carbocycles. The zero-order valence-corrected chi connectivity index (χ0v) is 16.4. The van der Waals surface area contributed by atoms with E-state index in [1.54, 1.807) is 36.4 Å². The highest BCUT2D eigenvalue weighted by atomic mass is 32.2. The minimum atomic E-state index is -3.78. The Hall–Kier alpha value is -3.07. The van der Waals surface area contributed by atoms with Gasteiger partial charge in [0.15, 0.2) is 0 Å². The van der Waals surface area contributed by atoms with Crippen LogP contribution in [0.1, 0.15) is 19.3 Å². The molecule has 1 saturated carbocycles. The third kappa shape index (κ3) is 4.68. The van der Waals surface area contributed by atoms with E-state index in [0.29, 0.717) is 29.6 Å². The summed E-state index contributed by atoms with van der Waals surface area (Å²) < 4.78 is 33.6. The molecule has 2 aromatic rings. The highest BCUT2D eigenvalue weighted by Crippen LogP contribution is 2.30. The molecule has 0 aromatic heterocycles. The molecule has 3 amide bonds. The molecule has 1 heterocycles. The van der Waals surface area contributed by atoms with E-state index in [-0.39, 0.29) is 23.8 Å². The molecule has 29 heavy (non-hydrogen) atoms. The smallest absolute Gasteiger partial charge is 0.328 e. The molecule has 1 saturated heterocycles. The Labute approximate surface area is 168 Å². The van der Waals surface area contributed by atoms with Gasteiger partial charge >= 0.3 is 6.03 Å². The predicted octanol–water partition coefficient (Wildman–Crippen LogP) is 2.72. The Bertz CT molecular complexity index is 1030. The average Bonchev–Trinajstić information content (AvgIpc) is 3.52. The minimum Gasteiger partial charge on any atom is -0.493 e. The lowest BCUT2D eigenvalue weighted by atomic mass is 10.2. The van der Waals surface area contributed by atoms with Gasteiger partial charge in [-0.15, -0.1) is 0 Å². The van der Waals surface area contributed by atoms with E-state index in [9.17, 15) is 18.0 Å². The molecule has 0 radical (unpaired) electrons. The van der Waals surface area contributed by atoms with Crippen LogP contribution >= 0.6 is 0 Å². The average molecular weight is 415 g/mol. The molecular weight excluding hydrogens is 394 g/mol. The minimum absolute atomic E-state index is 0.115. The number of amides is 3. The summed E-state index contributed by atoms with van der Waals surface area (Å²) in [6.07, 6.45) is 2.54. The third-order valence-electron chi connectivity index (χ3n) is 4.78. The van der Waals surface area contributed by atoms with E-state index in [4.69, 9.17) is 4.74 Å². The van der Waals surface area contributed by atoms with Crippen LogP contribution < -0.4 is 19.7 Å². The lowest BCUT2D eigenvalue weighted by Crippen LogP contribution is -2.49. The van der Waals surface area contributed by atoms with Crippen molar-refractivity contribution in [3.8, 4) is 5.75 Å². The number of anilines is 2. The van der Waals surface area contributed by atoms with Gasteiger partial charge in [-0.2, -0.15) is 0 Å². The van der Waals surface area contributed by atoms with Crippen molar-refractivity contribution >= 4 is 33.3 Å². The van der Waals surface area contributed by atoms with Crippen LogP contribution in [0.25, 0.3) is 0 Å². The molecule has 2 fully saturated rings. The molecule has 2 aromatic carbocycles. The molecule has 0 unspecified atom stereocenters.